The molecule has 0 bridgehead atoms. The molecule has 9 nitrogen and oxygen atoms in total. The fraction of sp³-hybridized carbons (Fsp3) is 0.357. The Morgan fingerprint density at radius 3 is 2.85 bits per heavy atom. The van der Waals surface area contributed by atoms with Gasteiger partial charge in [0, 0.05) is 17.6 Å². The number of fused-ring (bicyclic) bond motifs is 1. The summed E-state index contributed by atoms with van der Waals surface area (Å²) >= 11 is 8.04. The number of nitrogens with zero attached hydrogens (tertiary/aromatic N) is 5. The second kappa shape index (κ2) is 12.6. The van der Waals surface area contributed by atoms with E-state index in [9.17, 15) is 4.79 Å². The molecule has 5 rings (SSSR count). The van der Waals surface area contributed by atoms with Crippen molar-refractivity contribution in [2.45, 2.75) is 31.9 Å². The van der Waals surface area contributed by atoms with Gasteiger partial charge in [-0.3, -0.25) is 4.79 Å². The molecule has 1 N–H and O–H groups in total. The molecule has 0 saturated carbocycles. The van der Waals surface area contributed by atoms with Crippen LogP contribution in [-0.2, 0) is 11.4 Å². The maximum Gasteiger partial charge on any atom is 0.237 e. The monoisotopic (exact) mass is 566 g/mol. The minimum absolute atomic E-state index is 0.0260. The van der Waals surface area contributed by atoms with Gasteiger partial charge in [0.2, 0.25) is 5.91 Å². The van der Waals surface area contributed by atoms with Gasteiger partial charge in [0.25, 0.3) is 0 Å². The minimum Gasteiger partial charge on any atom is -0.491 e. The quantitative estimate of drug-likeness (QED) is 0.273. The number of carbonyl (C=O) groups is 1. The van der Waals surface area contributed by atoms with Gasteiger partial charge in [-0.2, -0.15) is 0 Å². The number of piperidine rings is 1. The number of aromatic nitrogens is 3. The van der Waals surface area contributed by atoms with Crippen molar-refractivity contribution in [3.05, 3.63) is 64.3 Å². The van der Waals surface area contributed by atoms with E-state index in [2.05, 4.69) is 20.3 Å². The lowest BCUT2D eigenvalue weighted by Crippen LogP contribution is -2.49. The smallest absolute Gasteiger partial charge is 0.237 e. The molecular weight excluding hydrogens is 536 g/mol. The molecular formula is C28H31ClN6O3S. The molecule has 1 atom stereocenters. The highest BCUT2D eigenvalue weighted by molar-refractivity contribution is 7.07. The summed E-state index contributed by atoms with van der Waals surface area (Å²) in [5, 5.41) is 6.54. The lowest BCUT2D eigenvalue weighted by molar-refractivity contribution is -0.136. The number of halogens is 1. The van der Waals surface area contributed by atoms with Crippen molar-refractivity contribution in [3.63, 3.8) is 0 Å². The van der Waals surface area contributed by atoms with Gasteiger partial charge in [-0.15, -0.1) is 11.3 Å². The number of rotatable bonds is 10. The van der Waals surface area contributed by atoms with Crippen molar-refractivity contribution in [2.75, 3.05) is 39.1 Å². The number of hydrogen-bond acceptors (Lipinski definition) is 9. The van der Waals surface area contributed by atoms with Crippen LogP contribution in [0.5, 0.6) is 11.5 Å². The number of anilines is 2. The number of amides is 1. The van der Waals surface area contributed by atoms with Crippen LogP contribution in [0.4, 0.5) is 11.5 Å². The second-order valence-corrected chi connectivity index (χ2v) is 10.8. The van der Waals surface area contributed by atoms with Gasteiger partial charge in [0.05, 0.1) is 39.7 Å². The van der Waals surface area contributed by atoms with Crippen LogP contribution in [0.25, 0.3) is 10.9 Å². The molecule has 204 valence electrons. The van der Waals surface area contributed by atoms with Crippen LogP contribution in [0.2, 0.25) is 5.02 Å². The van der Waals surface area contributed by atoms with Gasteiger partial charge in [-0.25, -0.2) is 15.0 Å². The Bertz CT molecular complexity index is 1410. The van der Waals surface area contributed by atoms with Crippen LogP contribution >= 0.6 is 22.9 Å². The predicted molar refractivity (Wildman–Crippen MR) is 154 cm³/mol. The molecule has 0 aliphatic carbocycles. The molecule has 11 heteroatoms. The zero-order valence-electron chi connectivity index (χ0n) is 22.0. The number of likely N-dealkylation sites (tertiary alicyclic amines) is 1. The SMILES string of the molecule is CN(C)CC(=O)N1CCCC[C@H]1COc1cccc2ncnc(Nc3ccc(OCc4cscn4)c(Cl)c3)c12. The van der Waals surface area contributed by atoms with E-state index in [1.165, 1.54) is 17.7 Å². The Labute approximate surface area is 236 Å². The van der Waals surface area contributed by atoms with Crippen molar-refractivity contribution in [1.29, 1.82) is 0 Å². The van der Waals surface area contributed by atoms with Crippen molar-refractivity contribution < 1.29 is 14.3 Å². The zero-order chi connectivity index (χ0) is 27.2. The Balaban J connectivity index is 1.32. The van der Waals surface area contributed by atoms with Crippen molar-refractivity contribution >= 4 is 51.3 Å². The summed E-state index contributed by atoms with van der Waals surface area (Å²) in [6.07, 6.45) is 4.53. The standard InChI is InChI=1S/C28H31ClN6O3S/c1-34(2)13-26(36)35-11-4-3-6-21(35)15-38-25-8-5-7-23-27(25)28(31-17-30-23)33-19-9-10-24(22(29)12-19)37-14-20-16-39-18-32-20/h5,7-10,12,16-18,21H,3-4,6,11,13-15H2,1-2H3,(H,30,31,33)/t21-/m0/s1. The third-order valence-corrected chi connectivity index (χ3v) is 7.44. The predicted octanol–water partition coefficient (Wildman–Crippen LogP) is 5.38. The van der Waals surface area contributed by atoms with E-state index in [0.717, 1.165) is 48.1 Å². The number of nitrogens with one attached hydrogen (secondary N) is 1. The van der Waals surface area contributed by atoms with Gasteiger partial charge in [0.15, 0.2) is 0 Å². The third kappa shape index (κ3) is 6.76. The van der Waals surface area contributed by atoms with Gasteiger partial charge in [-0.1, -0.05) is 17.7 Å². The number of hydrogen-bond donors (Lipinski definition) is 1. The van der Waals surface area contributed by atoms with Gasteiger partial charge >= 0.3 is 0 Å². The molecule has 3 heterocycles. The van der Waals surface area contributed by atoms with Crippen LogP contribution in [0.15, 0.2) is 53.6 Å². The van der Waals surface area contributed by atoms with E-state index in [1.807, 2.05) is 59.6 Å². The Morgan fingerprint density at radius 2 is 2.05 bits per heavy atom. The first kappa shape index (κ1) is 27.1. The van der Waals surface area contributed by atoms with E-state index in [-0.39, 0.29) is 11.9 Å². The highest BCUT2D eigenvalue weighted by Crippen LogP contribution is 2.34. The molecule has 1 aliphatic heterocycles. The molecule has 2 aromatic heterocycles. The molecule has 0 spiro atoms. The van der Waals surface area contributed by atoms with E-state index < -0.39 is 0 Å². The summed E-state index contributed by atoms with van der Waals surface area (Å²) in [7, 11) is 3.82. The first-order chi connectivity index (χ1) is 19.0. The maximum absolute atomic E-state index is 12.8. The molecule has 39 heavy (non-hydrogen) atoms. The molecule has 0 radical (unpaired) electrons. The number of thiazole rings is 1. The highest BCUT2D eigenvalue weighted by Gasteiger charge is 2.27. The average molecular weight is 567 g/mol. The summed E-state index contributed by atoms with van der Waals surface area (Å²) in [5.41, 5.74) is 4.14. The van der Waals surface area contributed by atoms with Crippen molar-refractivity contribution in [2.24, 2.45) is 0 Å². The van der Waals surface area contributed by atoms with Gasteiger partial charge in [-0.05, 0) is 63.7 Å². The Morgan fingerprint density at radius 1 is 1.15 bits per heavy atom. The number of ether oxygens (including phenoxy) is 2. The van der Waals surface area contributed by atoms with Crippen LogP contribution < -0.4 is 14.8 Å². The molecule has 1 fully saturated rings. The molecule has 1 aliphatic rings. The fourth-order valence-corrected chi connectivity index (χ4v) is 5.41. The number of benzene rings is 2. The molecule has 1 amide bonds. The second-order valence-electron chi connectivity index (χ2n) is 9.70. The number of carbonyl (C=O) groups excluding carboxylic acids is 1. The van der Waals surface area contributed by atoms with Gasteiger partial charge in [0.1, 0.15) is 36.9 Å². The summed E-state index contributed by atoms with van der Waals surface area (Å²) in [6.45, 7) is 1.91. The van der Waals surface area contributed by atoms with Crippen molar-refractivity contribution in [3.8, 4) is 11.5 Å². The summed E-state index contributed by atoms with van der Waals surface area (Å²) < 4.78 is 12.2. The number of likely N-dealkylation sites (N-methyl/N-ethyl adjacent to an activating group) is 1. The van der Waals surface area contributed by atoms with Crippen LogP contribution in [0.1, 0.15) is 25.0 Å². The lowest BCUT2D eigenvalue weighted by Gasteiger charge is -2.36. The lowest BCUT2D eigenvalue weighted by atomic mass is 10.0. The Kier molecular flexibility index (Phi) is 8.75. The highest BCUT2D eigenvalue weighted by atomic mass is 35.5. The Hall–Kier alpha value is -3.47. The summed E-state index contributed by atoms with van der Waals surface area (Å²) in [6, 6.07) is 11.3. The van der Waals surface area contributed by atoms with Crippen LogP contribution in [0.3, 0.4) is 0 Å². The van der Waals surface area contributed by atoms with Crippen LogP contribution in [0, 0.1) is 0 Å². The maximum atomic E-state index is 12.8. The molecule has 0 unspecified atom stereocenters. The summed E-state index contributed by atoms with van der Waals surface area (Å²) in [4.78, 5) is 29.9. The largest absolute Gasteiger partial charge is 0.491 e. The topological polar surface area (TPSA) is 92.7 Å². The van der Waals surface area contributed by atoms with Crippen LogP contribution in [-0.4, -0.2) is 70.5 Å². The van der Waals surface area contributed by atoms with E-state index in [1.54, 1.807) is 11.6 Å². The first-order valence-electron chi connectivity index (χ1n) is 12.8. The molecule has 4 aromatic rings. The minimum atomic E-state index is 0.0260. The first-order valence-corrected chi connectivity index (χ1v) is 14.2. The van der Waals surface area contributed by atoms with E-state index >= 15 is 0 Å². The van der Waals surface area contributed by atoms with E-state index in [0.29, 0.717) is 42.1 Å². The van der Waals surface area contributed by atoms with Crippen molar-refractivity contribution in [1.82, 2.24) is 24.8 Å². The van der Waals surface area contributed by atoms with Gasteiger partial charge < -0.3 is 24.6 Å². The zero-order valence-corrected chi connectivity index (χ0v) is 23.5. The summed E-state index contributed by atoms with van der Waals surface area (Å²) in [5.74, 6) is 1.97. The van der Waals surface area contributed by atoms with E-state index in [4.69, 9.17) is 21.1 Å². The average Bonchev–Trinajstić information content (AvgIpc) is 3.45. The third-order valence-electron chi connectivity index (χ3n) is 6.51. The normalized spacial score (nSPS) is 15.5. The fourth-order valence-electron chi connectivity index (χ4n) is 4.64. The molecule has 2 aromatic carbocycles. The molecule has 1 saturated heterocycles.